The van der Waals surface area contributed by atoms with E-state index in [0.29, 0.717) is 0 Å². The quantitative estimate of drug-likeness (QED) is 0.669. The first kappa shape index (κ1) is 13.2. The third kappa shape index (κ3) is 2.48. The largest absolute Gasteiger partial charge is 0.319 e. The molecule has 0 fully saturated rings. The van der Waals surface area contributed by atoms with Gasteiger partial charge in [-0.1, -0.05) is 18.2 Å². The van der Waals surface area contributed by atoms with Crippen LogP contribution in [-0.2, 0) is 0 Å². The van der Waals surface area contributed by atoms with Crippen LogP contribution in [-0.4, -0.2) is 4.98 Å². The van der Waals surface area contributed by atoms with Gasteiger partial charge in [-0.15, -0.1) is 0 Å². The van der Waals surface area contributed by atoms with Crippen LogP contribution in [0.1, 0.15) is 17.3 Å². The second-order valence-electron chi connectivity index (χ2n) is 4.20. The Balaban J connectivity index is 2.14. The lowest BCUT2D eigenvalue weighted by Gasteiger charge is -2.13. The van der Waals surface area contributed by atoms with Crippen molar-refractivity contribution >= 4 is 54.1 Å². The third-order valence-electron chi connectivity index (χ3n) is 2.98. The Kier molecular flexibility index (Phi) is 3.71. The van der Waals surface area contributed by atoms with Gasteiger partial charge in [-0.3, -0.25) is 0 Å². The molecule has 0 spiro atoms. The summed E-state index contributed by atoms with van der Waals surface area (Å²) in [6, 6.07) is 9.87. The van der Waals surface area contributed by atoms with Gasteiger partial charge in [0.2, 0.25) is 0 Å². The van der Waals surface area contributed by atoms with Crippen LogP contribution < -0.4 is 5.73 Å². The molecule has 0 radical (unpaired) electrons. The van der Waals surface area contributed by atoms with E-state index in [-0.39, 0.29) is 6.04 Å². The second-order valence-corrected chi connectivity index (χ2v) is 6.65. The minimum atomic E-state index is -0.236. The number of pyridine rings is 1. The van der Waals surface area contributed by atoms with Crippen LogP contribution in [0.4, 0.5) is 0 Å². The van der Waals surface area contributed by atoms with E-state index in [1.165, 1.54) is 0 Å². The number of nitrogens with zero attached hydrogens (tertiary/aromatic N) is 1. The molecule has 1 unspecified atom stereocenters. The molecule has 96 valence electrons. The molecule has 0 saturated heterocycles. The number of nitrogens with two attached hydrogens (primary N) is 1. The first-order chi connectivity index (χ1) is 9.16. The standard InChI is InChI=1S/C14H10Br2N2S/c15-10-5-8-3-1-2-4-12(8)18-14(10)13(17)9-6-19-7-11(9)16/h1-7,13H,17H2. The Bertz CT molecular complexity index is 739. The van der Waals surface area contributed by atoms with Crippen LogP contribution in [0.2, 0.25) is 0 Å². The zero-order valence-corrected chi connectivity index (χ0v) is 13.8. The maximum absolute atomic E-state index is 6.34. The number of fused-ring (bicyclic) bond motifs is 1. The Morgan fingerprint density at radius 2 is 1.89 bits per heavy atom. The number of para-hydroxylation sites is 1. The highest BCUT2D eigenvalue weighted by Gasteiger charge is 2.18. The molecule has 5 heteroatoms. The predicted molar refractivity (Wildman–Crippen MR) is 87.5 cm³/mol. The smallest absolute Gasteiger partial charge is 0.0766 e. The van der Waals surface area contributed by atoms with E-state index in [1.54, 1.807) is 11.3 Å². The van der Waals surface area contributed by atoms with Crippen molar-refractivity contribution in [3.63, 3.8) is 0 Å². The van der Waals surface area contributed by atoms with Crippen LogP contribution >= 0.6 is 43.2 Å². The van der Waals surface area contributed by atoms with Gasteiger partial charge in [0.25, 0.3) is 0 Å². The Labute approximate surface area is 131 Å². The minimum Gasteiger partial charge on any atom is -0.319 e. The molecule has 19 heavy (non-hydrogen) atoms. The van der Waals surface area contributed by atoms with Crippen molar-refractivity contribution in [3.8, 4) is 0 Å². The van der Waals surface area contributed by atoms with Gasteiger partial charge >= 0.3 is 0 Å². The average molecular weight is 398 g/mol. The molecule has 0 amide bonds. The van der Waals surface area contributed by atoms with Gasteiger partial charge in [0.15, 0.2) is 0 Å². The number of thiophene rings is 1. The van der Waals surface area contributed by atoms with E-state index in [1.807, 2.05) is 29.6 Å². The molecule has 0 aliphatic carbocycles. The molecule has 0 aliphatic heterocycles. The van der Waals surface area contributed by atoms with Crippen molar-refractivity contribution in [2.24, 2.45) is 5.73 Å². The van der Waals surface area contributed by atoms with Crippen LogP contribution in [0.15, 0.2) is 50.0 Å². The predicted octanol–water partition coefficient (Wildman–Crippen LogP) is 4.87. The highest BCUT2D eigenvalue weighted by molar-refractivity contribution is 9.10. The van der Waals surface area contributed by atoms with E-state index in [0.717, 1.165) is 31.1 Å². The maximum atomic E-state index is 6.34. The highest BCUT2D eigenvalue weighted by atomic mass is 79.9. The van der Waals surface area contributed by atoms with Crippen molar-refractivity contribution in [2.45, 2.75) is 6.04 Å². The number of aromatic nitrogens is 1. The van der Waals surface area contributed by atoms with E-state index >= 15 is 0 Å². The molecule has 1 atom stereocenters. The number of rotatable bonds is 2. The molecule has 3 aromatic rings. The third-order valence-corrected chi connectivity index (χ3v) is 5.36. The molecule has 1 aromatic carbocycles. The molecule has 2 nitrogen and oxygen atoms in total. The molecule has 2 heterocycles. The Morgan fingerprint density at radius 3 is 2.63 bits per heavy atom. The van der Waals surface area contributed by atoms with Gasteiger partial charge in [0, 0.05) is 19.7 Å². The maximum Gasteiger partial charge on any atom is 0.0766 e. The van der Waals surface area contributed by atoms with Gasteiger partial charge in [0.05, 0.1) is 17.3 Å². The van der Waals surface area contributed by atoms with Crippen molar-refractivity contribution in [1.82, 2.24) is 4.98 Å². The van der Waals surface area contributed by atoms with Crippen LogP contribution in [0.25, 0.3) is 10.9 Å². The summed E-state index contributed by atoms with van der Waals surface area (Å²) in [4.78, 5) is 4.68. The first-order valence-electron chi connectivity index (χ1n) is 5.69. The molecular weight excluding hydrogens is 388 g/mol. The van der Waals surface area contributed by atoms with E-state index < -0.39 is 0 Å². The second kappa shape index (κ2) is 5.32. The van der Waals surface area contributed by atoms with Crippen LogP contribution in [0, 0.1) is 0 Å². The number of halogens is 2. The van der Waals surface area contributed by atoms with Gasteiger partial charge in [0.1, 0.15) is 0 Å². The fraction of sp³-hybridized carbons (Fsp3) is 0.0714. The summed E-state index contributed by atoms with van der Waals surface area (Å²) in [5.74, 6) is 0. The van der Waals surface area contributed by atoms with Crippen molar-refractivity contribution in [2.75, 3.05) is 0 Å². The molecule has 2 N–H and O–H groups in total. The molecule has 0 saturated carbocycles. The Morgan fingerprint density at radius 1 is 1.11 bits per heavy atom. The van der Waals surface area contributed by atoms with Crippen molar-refractivity contribution < 1.29 is 0 Å². The fourth-order valence-corrected chi connectivity index (χ4v) is 4.15. The van der Waals surface area contributed by atoms with Crippen molar-refractivity contribution in [1.29, 1.82) is 0 Å². The average Bonchev–Trinajstić information content (AvgIpc) is 2.83. The molecule has 0 aliphatic rings. The van der Waals surface area contributed by atoms with E-state index in [2.05, 4.69) is 48.3 Å². The lowest BCUT2D eigenvalue weighted by molar-refractivity contribution is 0.830. The van der Waals surface area contributed by atoms with Crippen LogP contribution in [0.3, 0.4) is 0 Å². The number of hydrogen-bond acceptors (Lipinski definition) is 3. The van der Waals surface area contributed by atoms with Gasteiger partial charge < -0.3 is 5.73 Å². The fourth-order valence-electron chi connectivity index (χ4n) is 1.98. The number of benzene rings is 1. The lowest BCUT2D eigenvalue weighted by atomic mass is 10.1. The van der Waals surface area contributed by atoms with E-state index in [4.69, 9.17) is 5.73 Å². The van der Waals surface area contributed by atoms with Gasteiger partial charge in [-0.05, 0) is 54.9 Å². The van der Waals surface area contributed by atoms with Crippen molar-refractivity contribution in [3.05, 3.63) is 61.3 Å². The number of hydrogen-bond donors (Lipinski definition) is 1. The molecular formula is C14H10Br2N2S. The first-order valence-corrected chi connectivity index (χ1v) is 8.22. The molecule has 2 aromatic heterocycles. The summed E-state index contributed by atoms with van der Waals surface area (Å²) in [6.45, 7) is 0. The van der Waals surface area contributed by atoms with Gasteiger partial charge in [-0.2, -0.15) is 11.3 Å². The SMILES string of the molecule is NC(c1cscc1Br)c1nc2ccccc2cc1Br. The highest BCUT2D eigenvalue weighted by Crippen LogP contribution is 2.33. The summed E-state index contributed by atoms with van der Waals surface area (Å²) < 4.78 is 1.98. The Hall–Kier alpha value is -0.750. The zero-order chi connectivity index (χ0) is 13.4. The van der Waals surface area contributed by atoms with Gasteiger partial charge in [-0.25, -0.2) is 4.98 Å². The minimum absolute atomic E-state index is 0.236. The lowest BCUT2D eigenvalue weighted by Crippen LogP contribution is -2.14. The molecule has 3 rings (SSSR count). The van der Waals surface area contributed by atoms with Crippen LogP contribution in [0.5, 0.6) is 0 Å². The summed E-state index contributed by atoms with van der Waals surface area (Å²) in [5, 5.41) is 5.19. The molecule has 0 bridgehead atoms. The topological polar surface area (TPSA) is 38.9 Å². The summed E-state index contributed by atoms with van der Waals surface area (Å²) in [5.41, 5.74) is 9.22. The van der Waals surface area contributed by atoms with E-state index in [9.17, 15) is 0 Å². The normalized spacial score (nSPS) is 12.8. The zero-order valence-electron chi connectivity index (χ0n) is 9.81. The summed E-state index contributed by atoms with van der Waals surface area (Å²) >= 11 is 8.73. The summed E-state index contributed by atoms with van der Waals surface area (Å²) in [6.07, 6.45) is 0. The monoisotopic (exact) mass is 396 g/mol. The summed E-state index contributed by atoms with van der Waals surface area (Å²) in [7, 11) is 0.